The number of allylic oxidation sites excluding steroid dienone is 5. The summed E-state index contributed by atoms with van der Waals surface area (Å²) in [5.41, 5.74) is 0. The maximum atomic E-state index is 12.9. The Labute approximate surface area is 385 Å². The molecule has 9 heteroatoms. The van der Waals surface area contributed by atoms with E-state index in [0.717, 1.165) is 44.9 Å². The van der Waals surface area contributed by atoms with Gasteiger partial charge in [-0.3, -0.25) is 9.36 Å². The molecule has 0 aliphatic rings. The summed E-state index contributed by atoms with van der Waals surface area (Å²) >= 11 is 0. The standard InChI is InChI=1S/C53H103N2O6P/c1-6-8-10-12-14-16-18-20-22-23-24-25-26-27-28-29-30-31-33-35-37-39-41-43-45-47-53(57)54-51(50-61-62(58,59)60-49-48-55(3,4)5)52(56)46-44-42-40-38-36-34-32-21-19-17-15-13-11-9-7-2/h24-25,27-28,44,46,51-52,56H,6-23,26,29-43,45,47-50H2,1-5H3,(H-,54,57,58,59)/b25-24-,28-27-,46-44+. The lowest BCUT2D eigenvalue weighted by molar-refractivity contribution is -0.870. The van der Waals surface area contributed by atoms with Gasteiger partial charge in [-0.15, -0.1) is 0 Å². The molecule has 0 aliphatic heterocycles. The van der Waals surface area contributed by atoms with Crippen LogP contribution in [0.3, 0.4) is 0 Å². The van der Waals surface area contributed by atoms with Gasteiger partial charge in [0.1, 0.15) is 13.2 Å². The second-order valence-electron chi connectivity index (χ2n) is 19.2. The van der Waals surface area contributed by atoms with Crippen LogP contribution in [0.25, 0.3) is 0 Å². The van der Waals surface area contributed by atoms with E-state index < -0.39 is 20.0 Å². The largest absolute Gasteiger partial charge is 0.756 e. The van der Waals surface area contributed by atoms with Crippen LogP contribution in [0.1, 0.15) is 245 Å². The van der Waals surface area contributed by atoms with Crippen molar-refractivity contribution < 1.29 is 32.9 Å². The maximum Gasteiger partial charge on any atom is 0.268 e. The van der Waals surface area contributed by atoms with Crippen LogP contribution in [0.2, 0.25) is 0 Å². The first-order valence-corrected chi connectivity index (χ1v) is 27.8. The summed E-state index contributed by atoms with van der Waals surface area (Å²) in [6.07, 6.45) is 56.3. The highest BCUT2D eigenvalue weighted by Gasteiger charge is 2.23. The first-order valence-electron chi connectivity index (χ1n) is 26.4. The zero-order chi connectivity index (χ0) is 45.7. The van der Waals surface area contributed by atoms with E-state index in [9.17, 15) is 19.4 Å². The third kappa shape index (κ3) is 46.7. The lowest BCUT2D eigenvalue weighted by atomic mass is 10.0. The Balaban J connectivity index is 4.24. The van der Waals surface area contributed by atoms with E-state index in [2.05, 4.69) is 43.5 Å². The molecule has 366 valence electrons. The summed E-state index contributed by atoms with van der Waals surface area (Å²) in [5.74, 6) is -0.201. The van der Waals surface area contributed by atoms with Gasteiger partial charge < -0.3 is 28.8 Å². The van der Waals surface area contributed by atoms with E-state index in [1.807, 2.05) is 27.2 Å². The van der Waals surface area contributed by atoms with Crippen LogP contribution >= 0.6 is 7.82 Å². The third-order valence-electron chi connectivity index (χ3n) is 11.8. The number of carbonyl (C=O) groups is 1. The van der Waals surface area contributed by atoms with Gasteiger partial charge in [-0.05, 0) is 51.4 Å². The minimum atomic E-state index is -4.59. The molecule has 1 amide bonds. The van der Waals surface area contributed by atoms with Gasteiger partial charge in [0.15, 0.2) is 0 Å². The van der Waals surface area contributed by atoms with Crippen LogP contribution in [-0.4, -0.2) is 68.5 Å². The van der Waals surface area contributed by atoms with Crippen molar-refractivity contribution >= 4 is 13.7 Å². The van der Waals surface area contributed by atoms with E-state index in [1.54, 1.807) is 6.08 Å². The van der Waals surface area contributed by atoms with E-state index in [0.29, 0.717) is 17.4 Å². The van der Waals surface area contributed by atoms with Gasteiger partial charge in [-0.25, -0.2) is 0 Å². The number of unbranched alkanes of at least 4 members (excludes halogenated alkanes) is 31. The van der Waals surface area contributed by atoms with E-state index in [4.69, 9.17) is 9.05 Å². The van der Waals surface area contributed by atoms with Gasteiger partial charge in [0.05, 0.1) is 39.9 Å². The van der Waals surface area contributed by atoms with Gasteiger partial charge in [0, 0.05) is 6.42 Å². The average molecular weight is 895 g/mol. The monoisotopic (exact) mass is 895 g/mol. The van der Waals surface area contributed by atoms with Crippen LogP contribution in [0, 0.1) is 0 Å². The van der Waals surface area contributed by atoms with Crippen LogP contribution in [0.5, 0.6) is 0 Å². The number of hydrogen-bond acceptors (Lipinski definition) is 6. The third-order valence-corrected chi connectivity index (χ3v) is 12.8. The zero-order valence-corrected chi connectivity index (χ0v) is 42.5. The number of phosphoric acid groups is 1. The highest BCUT2D eigenvalue weighted by Crippen LogP contribution is 2.38. The molecule has 8 nitrogen and oxygen atoms in total. The summed E-state index contributed by atoms with van der Waals surface area (Å²) in [7, 11) is 1.26. The number of rotatable bonds is 48. The highest BCUT2D eigenvalue weighted by atomic mass is 31.2. The van der Waals surface area contributed by atoms with Crippen molar-refractivity contribution in [3.8, 4) is 0 Å². The summed E-state index contributed by atoms with van der Waals surface area (Å²) in [4.78, 5) is 25.4. The number of amides is 1. The number of phosphoric ester groups is 1. The predicted molar refractivity (Wildman–Crippen MR) is 265 cm³/mol. The Morgan fingerprint density at radius 2 is 0.935 bits per heavy atom. The zero-order valence-electron chi connectivity index (χ0n) is 41.6. The van der Waals surface area contributed by atoms with E-state index >= 15 is 0 Å². The Hall–Kier alpha value is -1.28. The van der Waals surface area contributed by atoms with Crippen molar-refractivity contribution in [2.75, 3.05) is 40.9 Å². The number of quaternary nitrogens is 1. The molecule has 0 aromatic carbocycles. The summed E-state index contributed by atoms with van der Waals surface area (Å²) in [5, 5.41) is 13.8. The fourth-order valence-electron chi connectivity index (χ4n) is 7.65. The normalized spacial score (nSPS) is 14.4. The van der Waals surface area contributed by atoms with Crippen LogP contribution in [0.15, 0.2) is 36.5 Å². The summed E-state index contributed by atoms with van der Waals surface area (Å²) in [6.45, 7) is 4.66. The van der Waals surface area contributed by atoms with Crippen LogP contribution < -0.4 is 10.2 Å². The molecule has 0 aromatic heterocycles. The Bertz CT molecular complexity index is 1110. The number of aliphatic hydroxyl groups excluding tert-OH is 1. The molecule has 0 fully saturated rings. The number of nitrogens with one attached hydrogen (secondary N) is 1. The molecule has 0 radical (unpaired) electrons. The SMILES string of the molecule is CCCCCCCCCCC/C=C\C/C=C\CCCCCCCCCCCC(=O)NC(COP(=O)([O-])OCC[N+](C)(C)C)C(O)/C=C/CCCCCCCCCCCCCCC. The molecular formula is C53H103N2O6P. The maximum absolute atomic E-state index is 12.9. The Morgan fingerprint density at radius 3 is 1.34 bits per heavy atom. The smallest absolute Gasteiger partial charge is 0.268 e. The van der Waals surface area contributed by atoms with Crippen molar-refractivity contribution in [3.63, 3.8) is 0 Å². The quantitative estimate of drug-likeness (QED) is 0.0273. The molecule has 0 spiro atoms. The molecule has 62 heavy (non-hydrogen) atoms. The summed E-state index contributed by atoms with van der Waals surface area (Å²) < 4.78 is 23.3. The predicted octanol–water partition coefficient (Wildman–Crippen LogP) is 14.8. The fraction of sp³-hybridized carbons (Fsp3) is 0.868. The molecule has 0 rings (SSSR count). The molecule has 2 N–H and O–H groups in total. The average Bonchev–Trinajstić information content (AvgIpc) is 3.23. The Morgan fingerprint density at radius 1 is 0.565 bits per heavy atom. The molecular weight excluding hydrogens is 792 g/mol. The minimum Gasteiger partial charge on any atom is -0.756 e. The second kappa shape index (κ2) is 44.9. The van der Waals surface area contributed by atoms with Crippen molar-refractivity contribution in [1.82, 2.24) is 5.32 Å². The second-order valence-corrected chi connectivity index (χ2v) is 20.6. The van der Waals surface area contributed by atoms with Crippen molar-refractivity contribution in [1.29, 1.82) is 0 Å². The van der Waals surface area contributed by atoms with Gasteiger partial charge in [0.25, 0.3) is 7.82 Å². The fourth-order valence-corrected chi connectivity index (χ4v) is 8.38. The van der Waals surface area contributed by atoms with Gasteiger partial charge in [0.2, 0.25) is 5.91 Å². The lowest BCUT2D eigenvalue weighted by Crippen LogP contribution is -2.45. The number of hydrogen-bond donors (Lipinski definition) is 2. The van der Waals surface area contributed by atoms with Crippen LogP contribution in [0.4, 0.5) is 0 Å². The molecule has 0 heterocycles. The van der Waals surface area contributed by atoms with E-state index in [-0.39, 0.29) is 19.1 Å². The highest BCUT2D eigenvalue weighted by molar-refractivity contribution is 7.45. The molecule has 0 aromatic rings. The number of carbonyl (C=O) groups excluding carboxylic acids is 1. The van der Waals surface area contributed by atoms with Crippen molar-refractivity contribution in [2.24, 2.45) is 0 Å². The molecule has 0 aliphatic carbocycles. The van der Waals surface area contributed by atoms with Crippen molar-refractivity contribution in [2.45, 2.75) is 257 Å². The van der Waals surface area contributed by atoms with Gasteiger partial charge in [-0.2, -0.15) is 0 Å². The van der Waals surface area contributed by atoms with Gasteiger partial charge in [-0.1, -0.05) is 224 Å². The van der Waals surface area contributed by atoms with E-state index in [1.165, 1.54) is 180 Å². The number of nitrogens with zero attached hydrogens (tertiary/aromatic N) is 1. The number of likely N-dealkylation sites (N-methyl/N-ethyl adjacent to an activating group) is 1. The molecule has 0 bridgehead atoms. The van der Waals surface area contributed by atoms with Gasteiger partial charge >= 0.3 is 0 Å². The van der Waals surface area contributed by atoms with Crippen LogP contribution in [-0.2, 0) is 18.4 Å². The summed E-state index contributed by atoms with van der Waals surface area (Å²) in [6, 6.07) is -0.888. The first-order chi connectivity index (χ1) is 30.0. The number of aliphatic hydroxyl groups is 1. The lowest BCUT2D eigenvalue weighted by Gasteiger charge is -2.29. The first kappa shape index (κ1) is 60.7. The Kier molecular flexibility index (Phi) is 44.0. The van der Waals surface area contributed by atoms with Crippen molar-refractivity contribution in [3.05, 3.63) is 36.5 Å². The minimum absolute atomic E-state index is 0.00174. The molecule has 0 saturated carbocycles. The molecule has 3 unspecified atom stereocenters. The molecule has 0 saturated heterocycles. The topological polar surface area (TPSA) is 108 Å². The molecule has 3 atom stereocenters.